The van der Waals surface area contributed by atoms with Gasteiger partial charge in [0.25, 0.3) is 0 Å². The number of hydrogen-bond donors (Lipinski definition) is 2. The minimum absolute atomic E-state index is 0.0650. The van der Waals surface area contributed by atoms with Crippen LogP contribution in [0.25, 0.3) is 0 Å². The smallest absolute Gasteiger partial charge is 0.241 e. The fourth-order valence-corrected chi connectivity index (χ4v) is 5.78. The van der Waals surface area contributed by atoms with Crippen LogP contribution in [0, 0.1) is 0 Å². The Balaban J connectivity index is 1.61. The molecular formula is C22H25Br2N3O. The molecule has 6 heteroatoms. The first-order valence-electron chi connectivity index (χ1n) is 9.77. The molecule has 1 fully saturated rings. The molecule has 4 nitrogen and oxygen atoms in total. The van der Waals surface area contributed by atoms with Crippen LogP contribution in [0.1, 0.15) is 29.7 Å². The molecule has 0 radical (unpaired) electrons. The molecular weight excluding hydrogens is 482 g/mol. The predicted octanol–water partition coefficient (Wildman–Crippen LogP) is 3.83. The highest BCUT2D eigenvalue weighted by Gasteiger charge is 2.48. The van der Waals surface area contributed by atoms with Gasteiger partial charge in [-0.15, -0.1) is 0 Å². The summed E-state index contributed by atoms with van der Waals surface area (Å²) in [7, 11) is 0. The topological polar surface area (TPSA) is 44.4 Å². The van der Waals surface area contributed by atoms with Gasteiger partial charge in [0, 0.05) is 48.0 Å². The minimum atomic E-state index is -0.497. The van der Waals surface area contributed by atoms with Gasteiger partial charge >= 0.3 is 0 Å². The lowest BCUT2D eigenvalue weighted by atomic mass is 9.90. The Morgan fingerprint density at radius 2 is 1.64 bits per heavy atom. The van der Waals surface area contributed by atoms with Gasteiger partial charge in [-0.3, -0.25) is 9.69 Å². The van der Waals surface area contributed by atoms with E-state index in [1.807, 2.05) is 6.07 Å². The van der Waals surface area contributed by atoms with E-state index in [1.165, 1.54) is 11.1 Å². The molecule has 1 heterocycles. The molecule has 0 aromatic heterocycles. The van der Waals surface area contributed by atoms with E-state index in [9.17, 15) is 4.79 Å². The van der Waals surface area contributed by atoms with Crippen LogP contribution in [0.3, 0.4) is 0 Å². The van der Waals surface area contributed by atoms with E-state index >= 15 is 0 Å². The second-order valence-electron chi connectivity index (χ2n) is 7.79. The highest BCUT2D eigenvalue weighted by atomic mass is 79.9. The Bertz CT molecular complexity index is 835. The molecule has 148 valence electrons. The van der Waals surface area contributed by atoms with E-state index in [-0.39, 0.29) is 11.9 Å². The molecule has 1 saturated heterocycles. The molecule has 2 aromatic carbocycles. The fourth-order valence-electron chi connectivity index (χ4n) is 4.46. The largest absolute Gasteiger partial charge is 0.348 e. The van der Waals surface area contributed by atoms with E-state index in [2.05, 4.69) is 90.7 Å². The third kappa shape index (κ3) is 3.92. The van der Waals surface area contributed by atoms with Gasteiger partial charge in [0.2, 0.25) is 5.91 Å². The molecule has 1 aliphatic heterocycles. The van der Waals surface area contributed by atoms with Crippen LogP contribution in [0.15, 0.2) is 51.4 Å². The zero-order valence-corrected chi connectivity index (χ0v) is 19.1. The number of fused-ring (bicyclic) bond motifs is 1. The molecule has 0 saturated carbocycles. The lowest BCUT2D eigenvalue weighted by Gasteiger charge is -2.42. The van der Waals surface area contributed by atoms with Gasteiger partial charge < -0.3 is 10.6 Å². The highest BCUT2D eigenvalue weighted by Crippen LogP contribution is 2.36. The molecule has 1 amide bonds. The van der Waals surface area contributed by atoms with Crippen LogP contribution in [0.2, 0.25) is 0 Å². The predicted molar refractivity (Wildman–Crippen MR) is 119 cm³/mol. The average Bonchev–Trinajstić information content (AvgIpc) is 3.09. The number of nitrogens with one attached hydrogen (secondary N) is 2. The van der Waals surface area contributed by atoms with E-state index in [4.69, 9.17) is 0 Å². The van der Waals surface area contributed by atoms with Gasteiger partial charge in [-0.05, 0) is 41.8 Å². The lowest BCUT2D eigenvalue weighted by molar-refractivity contribution is -0.134. The van der Waals surface area contributed by atoms with Gasteiger partial charge in [0.15, 0.2) is 0 Å². The zero-order chi connectivity index (χ0) is 19.7. The van der Waals surface area contributed by atoms with Crippen molar-refractivity contribution in [3.05, 3.63) is 68.1 Å². The number of rotatable bonds is 4. The number of halogens is 2. The summed E-state index contributed by atoms with van der Waals surface area (Å²) in [5.41, 5.74) is 3.19. The van der Waals surface area contributed by atoms with Crippen LogP contribution in [-0.4, -0.2) is 42.5 Å². The fraction of sp³-hybridized carbons (Fsp3) is 0.409. The van der Waals surface area contributed by atoms with Gasteiger partial charge in [-0.25, -0.2) is 0 Å². The molecule has 0 bridgehead atoms. The van der Waals surface area contributed by atoms with Gasteiger partial charge in [0.05, 0.1) is 6.04 Å². The number of benzene rings is 2. The summed E-state index contributed by atoms with van der Waals surface area (Å²) < 4.78 is 2.01. The standard InChI is InChI=1S/C22H25Br2N3O/c1-15(18-10-19(23)12-20(24)11-18)26-21(28)22(27-8-6-25-7-9-27)13-16-4-2-3-5-17(16)14-22/h2-5,10-12,15,25H,6-9,13-14H2,1H3,(H,26,28). The minimum Gasteiger partial charge on any atom is -0.348 e. The van der Waals surface area contributed by atoms with E-state index in [1.54, 1.807) is 0 Å². The van der Waals surface area contributed by atoms with Gasteiger partial charge in [0.1, 0.15) is 5.54 Å². The number of nitrogens with zero attached hydrogens (tertiary/aromatic N) is 1. The summed E-state index contributed by atoms with van der Waals surface area (Å²) in [5.74, 6) is 0.134. The van der Waals surface area contributed by atoms with Gasteiger partial charge in [-0.1, -0.05) is 56.1 Å². The molecule has 0 spiro atoms. The first kappa shape index (κ1) is 20.1. The van der Waals surface area contributed by atoms with Gasteiger partial charge in [-0.2, -0.15) is 0 Å². The van der Waals surface area contributed by atoms with Crippen LogP contribution in [0.4, 0.5) is 0 Å². The lowest BCUT2D eigenvalue weighted by Crippen LogP contribution is -2.64. The normalized spacial score (nSPS) is 19.8. The molecule has 2 aliphatic rings. The Labute approximate surface area is 183 Å². The molecule has 1 unspecified atom stereocenters. The summed E-state index contributed by atoms with van der Waals surface area (Å²) in [5, 5.41) is 6.73. The first-order valence-corrected chi connectivity index (χ1v) is 11.4. The van der Waals surface area contributed by atoms with Crippen molar-refractivity contribution in [2.45, 2.75) is 31.3 Å². The third-order valence-electron chi connectivity index (χ3n) is 5.96. The SMILES string of the molecule is CC(NC(=O)C1(N2CCNCC2)Cc2ccccc2C1)c1cc(Br)cc(Br)c1. The van der Waals surface area contributed by atoms with Crippen LogP contribution < -0.4 is 10.6 Å². The van der Waals surface area contributed by atoms with E-state index in [0.29, 0.717) is 0 Å². The van der Waals surface area contributed by atoms with E-state index in [0.717, 1.165) is 53.5 Å². The zero-order valence-electron chi connectivity index (χ0n) is 16.0. The van der Waals surface area contributed by atoms with E-state index < -0.39 is 5.54 Å². The van der Waals surface area contributed by atoms with Crippen LogP contribution in [-0.2, 0) is 17.6 Å². The molecule has 2 N–H and O–H groups in total. The quantitative estimate of drug-likeness (QED) is 0.662. The summed E-state index contributed by atoms with van der Waals surface area (Å²) in [6.07, 6.45) is 1.56. The van der Waals surface area contributed by atoms with Crippen molar-refractivity contribution in [3.63, 3.8) is 0 Å². The summed E-state index contributed by atoms with van der Waals surface area (Å²) in [6.45, 7) is 5.72. The monoisotopic (exact) mass is 505 g/mol. The number of carbonyl (C=O) groups is 1. The Hall–Kier alpha value is -1.21. The maximum absolute atomic E-state index is 13.7. The Morgan fingerprint density at radius 3 is 2.21 bits per heavy atom. The number of amides is 1. The number of piperazine rings is 1. The van der Waals surface area contributed by atoms with Crippen molar-refractivity contribution < 1.29 is 4.79 Å². The number of hydrogen-bond acceptors (Lipinski definition) is 3. The molecule has 2 aromatic rings. The average molecular weight is 507 g/mol. The Kier molecular flexibility index (Phi) is 5.93. The van der Waals surface area contributed by atoms with Crippen LogP contribution in [0.5, 0.6) is 0 Å². The summed E-state index contributed by atoms with van der Waals surface area (Å²) in [4.78, 5) is 16.1. The van der Waals surface area contributed by atoms with Crippen molar-refractivity contribution in [2.24, 2.45) is 0 Å². The summed E-state index contributed by atoms with van der Waals surface area (Å²) >= 11 is 7.10. The maximum Gasteiger partial charge on any atom is 0.241 e. The van der Waals surface area contributed by atoms with Crippen LogP contribution >= 0.6 is 31.9 Å². The van der Waals surface area contributed by atoms with Crippen molar-refractivity contribution in [1.29, 1.82) is 0 Å². The maximum atomic E-state index is 13.7. The van der Waals surface area contributed by atoms with Crippen molar-refractivity contribution in [2.75, 3.05) is 26.2 Å². The van der Waals surface area contributed by atoms with Crippen molar-refractivity contribution in [1.82, 2.24) is 15.5 Å². The molecule has 1 aliphatic carbocycles. The molecule has 28 heavy (non-hydrogen) atoms. The highest BCUT2D eigenvalue weighted by molar-refractivity contribution is 9.11. The third-order valence-corrected chi connectivity index (χ3v) is 6.88. The molecule has 1 atom stereocenters. The van der Waals surface area contributed by atoms with Crippen molar-refractivity contribution >= 4 is 37.8 Å². The first-order chi connectivity index (χ1) is 13.5. The Morgan fingerprint density at radius 1 is 1.07 bits per heavy atom. The second kappa shape index (κ2) is 8.27. The van der Waals surface area contributed by atoms with Crippen molar-refractivity contribution in [3.8, 4) is 0 Å². The summed E-state index contributed by atoms with van der Waals surface area (Å²) in [6, 6.07) is 14.6. The number of carbonyl (C=O) groups excluding carboxylic acids is 1. The second-order valence-corrected chi connectivity index (χ2v) is 9.62. The molecule has 4 rings (SSSR count).